The van der Waals surface area contributed by atoms with Gasteiger partial charge in [-0.25, -0.2) is 4.98 Å². The lowest BCUT2D eigenvalue weighted by Crippen LogP contribution is -2.10. The average molecular weight is 252 g/mol. The molecule has 1 aromatic heterocycles. The Labute approximate surface area is 116 Å². The maximum absolute atomic E-state index is 7.89. The van der Waals surface area contributed by atoms with Crippen LogP contribution in [0.4, 0.5) is 0 Å². The first-order valence-electron chi connectivity index (χ1n) is 7.42. The minimum Gasteiger partial charge on any atom is -0.338 e. The van der Waals surface area contributed by atoms with Crippen LogP contribution in [0, 0.1) is 0 Å². The molecular formula is C17H18N2. The monoisotopic (exact) mass is 252 g/mol. The molecule has 1 N–H and O–H groups in total. The molecule has 1 heterocycles. The highest BCUT2D eigenvalue weighted by Gasteiger charge is 2.13. The number of hydrogen-bond acceptors (Lipinski definition) is 1. The van der Waals surface area contributed by atoms with Crippen LogP contribution in [0.15, 0.2) is 48.5 Å². The van der Waals surface area contributed by atoms with E-state index in [9.17, 15) is 0 Å². The molecular weight excluding hydrogens is 232 g/mol. The number of nitrogens with one attached hydrogen (secondary N) is 1. The van der Waals surface area contributed by atoms with E-state index in [1.54, 1.807) is 6.07 Å². The number of H-pyrrole nitrogens is 1. The van der Waals surface area contributed by atoms with E-state index in [0.717, 1.165) is 16.9 Å². The van der Waals surface area contributed by atoms with Gasteiger partial charge in [0.2, 0.25) is 0 Å². The third kappa shape index (κ3) is 2.26. The van der Waals surface area contributed by atoms with Gasteiger partial charge in [0.25, 0.3) is 0 Å². The van der Waals surface area contributed by atoms with Crippen LogP contribution >= 0.6 is 0 Å². The lowest BCUT2D eigenvalue weighted by Gasteiger charge is -2.18. The van der Waals surface area contributed by atoms with E-state index in [1.807, 2.05) is 12.1 Å². The fourth-order valence-electron chi connectivity index (χ4n) is 2.10. The zero-order valence-electron chi connectivity index (χ0n) is 13.4. The number of aromatic nitrogens is 2. The number of hydrogen-bond donors (Lipinski definition) is 1. The first-order chi connectivity index (χ1) is 9.84. The molecule has 0 aliphatic carbocycles. The number of rotatable bonds is 1. The number of benzene rings is 2. The predicted octanol–water partition coefficient (Wildman–Crippen LogP) is 4.53. The molecule has 3 rings (SSSR count). The molecule has 3 aromatic rings. The smallest absolute Gasteiger partial charge is 0.138 e. The number of imidazole rings is 1. The summed E-state index contributed by atoms with van der Waals surface area (Å²) in [5, 5.41) is 0. The largest absolute Gasteiger partial charge is 0.338 e. The van der Waals surface area contributed by atoms with Crippen molar-refractivity contribution in [3.8, 4) is 11.4 Å². The molecule has 0 spiro atoms. The molecule has 0 saturated carbocycles. The molecule has 2 nitrogen and oxygen atoms in total. The van der Waals surface area contributed by atoms with E-state index in [2.05, 4.69) is 42.9 Å². The summed E-state index contributed by atoms with van der Waals surface area (Å²) in [6.07, 6.45) is 0. The van der Waals surface area contributed by atoms with Gasteiger partial charge in [0, 0.05) is 5.56 Å². The Morgan fingerprint density at radius 1 is 1.11 bits per heavy atom. The van der Waals surface area contributed by atoms with Crippen molar-refractivity contribution in [2.24, 2.45) is 0 Å². The standard InChI is InChI=1S/C17H18N2/c1-17(2,3)13-10-8-12(9-11-13)16-18-14-6-4-5-7-15(14)19-16/h4-11H,1-3H3,(H,18,19)/i4D,7D. The van der Waals surface area contributed by atoms with Crippen LogP contribution in [0.2, 0.25) is 0 Å². The first kappa shape index (κ1) is 9.79. The van der Waals surface area contributed by atoms with E-state index in [1.165, 1.54) is 11.6 Å². The zero-order valence-corrected chi connectivity index (χ0v) is 11.4. The second-order valence-corrected chi connectivity index (χ2v) is 5.77. The van der Waals surface area contributed by atoms with Gasteiger partial charge in [0.05, 0.1) is 13.8 Å². The summed E-state index contributed by atoms with van der Waals surface area (Å²) >= 11 is 0. The van der Waals surface area contributed by atoms with Crippen molar-refractivity contribution in [3.05, 3.63) is 54.0 Å². The molecule has 96 valence electrons. The molecule has 0 aliphatic rings. The Hall–Kier alpha value is -2.09. The summed E-state index contributed by atoms with van der Waals surface area (Å²) in [4.78, 5) is 7.69. The average Bonchev–Trinajstić information content (AvgIpc) is 2.82. The normalized spacial score (nSPS) is 13.4. The molecule has 0 aliphatic heterocycles. The summed E-state index contributed by atoms with van der Waals surface area (Å²) < 4.78 is 15.6. The maximum Gasteiger partial charge on any atom is 0.138 e. The number of fused-ring (bicyclic) bond motifs is 1. The van der Waals surface area contributed by atoms with Gasteiger partial charge in [-0.05, 0) is 23.1 Å². The zero-order chi connectivity index (χ0) is 15.2. The second kappa shape index (κ2) is 4.23. The third-order valence-electron chi connectivity index (χ3n) is 3.28. The van der Waals surface area contributed by atoms with Gasteiger partial charge >= 0.3 is 0 Å². The molecule has 0 atom stereocenters. The van der Waals surface area contributed by atoms with Gasteiger partial charge < -0.3 is 4.98 Å². The molecule has 0 radical (unpaired) electrons. The summed E-state index contributed by atoms with van der Waals surface area (Å²) in [6, 6.07) is 12.1. The van der Waals surface area contributed by atoms with Crippen LogP contribution in [0.5, 0.6) is 0 Å². The Balaban J connectivity index is 2.06. The van der Waals surface area contributed by atoms with Crippen molar-refractivity contribution >= 4 is 11.0 Å². The van der Waals surface area contributed by atoms with Crippen molar-refractivity contribution in [1.29, 1.82) is 0 Å². The van der Waals surface area contributed by atoms with E-state index in [0.29, 0.717) is 11.6 Å². The lowest BCUT2D eigenvalue weighted by atomic mass is 9.87. The molecule has 2 heteroatoms. The summed E-state index contributed by atoms with van der Waals surface area (Å²) in [5.74, 6) is 0.740. The predicted molar refractivity (Wildman–Crippen MR) is 80.2 cm³/mol. The van der Waals surface area contributed by atoms with Gasteiger partial charge in [-0.2, -0.15) is 0 Å². The maximum atomic E-state index is 7.89. The van der Waals surface area contributed by atoms with Gasteiger partial charge in [0.15, 0.2) is 0 Å². The van der Waals surface area contributed by atoms with Crippen LogP contribution in [-0.2, 0) is 5.41 Å². The fraction of sp³-hybridized carbons (Fsp3) is 0.235. The summed E-state index contributed by atoms with van der Waals surface area (Å²) in [5.41, 5.74) is 3.74. The van der Waals surface area contributed by atoms with Gasteiger partial charge in [-0.3, -0.25) is 0 Å². The minimum absolute atomic E-state index is 0.126. The van der Waals surface area contributed by atoms with E-state index in [4.69, 9.17) is 2.74 Å². The highest BCUT2D eigenvalue weighted by Crippen LogP contribution is 2.26. The number of para-hydroxylation sites is 2. The molecule has 0 bridgehead atoms. The van der Waals surface area contributed by atoms with Crippen molar-refractivity contribution in [1.82, 2.24) is 9.97 Å². The first-order valence-corrected chi connectivity index (χ1v) is 6.42. The van der Waals surface area contributed by atoms with E-state index >= 15 is 0 Å². The summed E-state index contributed by atoms with van der Waals surface area (Å²) in [6.45, 7) is 6.56. The molecule has 0 saturated heterocycles. The van der Waals surface area contributed by atoms with Crippen LogP contribution in [0.1, 0.15) is 29.1 Å². The lowest BCUT2D eigenvalue weighted by molar-refractivity contribution is 0.590. The molecule has 0 unspecified atom stereocenters. The second-order valence-electron chi connectivity index (χ2n) is 5.77. The van der Waals surface area contributed by atoms with E-state index in [-0.39, 0.29) is 11.5 Å². The van der Waals surface area contributed by atoms with Crippen LogP contribution in [0.25, 0.3) is 22.4 Å². The SMILES string of the molecule is [2H]c1cc([2H])c2nc(-c3ccc(C(C)(C)C)cc3)[nH]c2c1. The molecule has 0 amide bonds. The van der Waals surface area contributed by atoms with Gasteiger partial charge in [0.1, 0.15) is 5.82 Å². The number of aromatic amines is 1. The fourth-order valence-corrected chi connectivity index (χ4v) is 2.10. The Morgan fingerprint density at radius 2 is 1.84 bits per heavy atom. The Morgan fingerprint density at radius 3 is 2.53 bits per heavy atom. The van der Waals surface area contributed by atoms with Crippen molar-refractivity contribution in [3.63, 3.8) is 0 Å². The van der Waals surface area contributed by atoms with Gasteiger partial charge in [-0.1, -0.05) is 57.1 Å². The minimum atomic E-state index is 0.126. The van der Waals surface area contributed by atoms with Gasteiger partial charge in [-0.15, -0.1) is 0 Å². The Kier molecular flexibility index (Phi) is 2.18. The molecule has 19 heavy (non-hydrogen) atoms. The summed E-state index contributed by atoms with van der Waals surface area (Å²) in [7, 11) is 0. The van der Waals surface area contributed by atoms with Crippen molar-refractivity contribution < 1.29 is 2.74 Å². The topological polar surface area (TPSA) is 28.7 Å². The Bertz CT molecular complexity index is 796. The van der Waals surface area contributed by atoms with Crippen LogP contribution < -0.4 is 0 Å². The van der Waals surface area contributed by atoms with Crippen molar-refractivity contribution in [2.75, 3.05) is 0 Å². The number of nitrogens with zero attached hydrogens (tertiary/aromatic N) is 1. The van der Waals surface area contributed by atoms with E-state index < -0.39 is 0 Å². The highest BCUT2D eigenvalue weighted by atomic mass is 14.9. The molecule has 0 fully saturated rings. The molecule has 2 aromatic carbocycles. The van der Waals surface area contributed by atoms with Crippen LogP contribution in [-0.4, -0.2) is 9.97 Å². The third-order valence-corrected chi connectivity index (χ3v) is 3.28. The highest BCUT2D eigenvalue weighted by molar-refractivity contribution is 5.79. The van der Waals surface area contributed by atoms with Crippen molar-refractivity contribution in [2.45, 2.75) is 26.2 Å². The van der Waals surface area contributed by atoms with Crippen LogP contribution in [0.3, 0.4) is 0 Å². The quantitative estimate of drug-likeness (QED) is 0.677.